The van der Waals surface area contributed by atoms with Crippen molar-refractivity contribution < 1.29 is 14.6 Å². The van der Waals surface area contributed by atoms with Crippen molar-refractivity contribution in [1.82, 2.24) is 14.9 Å². The third kappa shape index (κ3) is 6.77. The third-order valence-electron chi connectivity index (χ3n) is 7.28. The summed E-state index contributed by atoms with van der Waals surface area (Å²) in [4.78, 5) is 19.7. The summed E-state index contributed by atoms with van der Waals surface area (Å²) in [6.07, 6.45) is 6.42. The van der Waals surface area contributed by atoms with Gasteiger partial charge in [0.15, 0.2) is 0 Å². The molecule has 0 bridgehead atoms. The lowest BCUT2D eigenvalue weighted by atomic mass is 9.84. The number of aliphatic carboxylic acids is 1. The molecule has 0 unspecified atom stereocenters. The van der Waals surface area contributed by atoms with Gasteiger partial charge >= 0.3 is 5.97 Å². The molecule has 10 heteroatoms. The van der Waals surface area contributed by atoms with Crippen LogP contribution < -0.4 is 11.6 Å². The summed E-state index contributed by atoms with van der Waals surface area (Å²) >= 11 is 7.93. The Balaban J connectivity index is 1.47. The summed E-state index contributed by atoms with van der Waals surface area (Å²) in [7, 11) is 0. The van der Waals surface area contributed by atoms with Crippen LogP contribution in [0.5, 0.6) is 0 Å². The molecule has 1 aliphatic heterocycles. The number of aromatic nitrogens is 1. The number of carboxylic acids is 1. The quantitative estimate of drug-likeness (QED) is 0.346. The number of hydrogen-bond acceptors (Lipinski definition) is 8. The van der Waals surface area contributed by atoms with Crippen LogP contribution in [0.25, 0.3) is 0 Å². The SMILES string of the molecule is Cc1nc(C2CCC(N3C[C@H](/C(N)=C/N(N)CC(=O)O)OC[C@@H]3Cc3ccc(Cl)cc3)CC2)sc1C. The third-order valence-corrected chi connectivity index (χ3v) is 8.77. The van der Waals surface area contributed by atoms with Crippen LogP contribution in [0.1, 0.15) is 52.7 Å². The van der Waals surface area contributed by atoms with E-state index in [4.69, 9.17) is 38.0 Å². The molecule has 2 heterocycles. The van der Waals surface area contributed by atoms with Crippen LogP contribution in [0.15, 0.2) is 36.2 Å². The molecule has 1 saturated carbocycles. The predicted octanol–water partition coefficient (Wildman–Crippen LogP) is 3.81. The minimum absolute atomic E-state index is 0.217. The number of carbonyl (C=O) groups is 1. The first kappa shape index (κ1) is 26.9. The largest absolute Gasteiger partial charge is 0.480 e. The van der Waals surface area contributed by atoms with Gasteiger partial charge in [0.1, 0.15) is 12.6 Å². The zero-order valence-electron chi connectivity index (χ0n) is 20.9. The molecule has 2 aliphatic rings. The maximum absolute atomic E-state index is 11.0. The molecule has 1 aromatic heterocycles. The highest BCUT2D eigenvalue weighted by atomic mass is 35.5. The van der Waals surface area contributed by atoms with Gasteiger partial charge in [-0.25, -0.2) is 10.8 Å². The van der Waals surface area contributed by atoms with Crippen molar-refractivity contribution in [2.24, 2.45) is 11.6 Å². The zero-order valence-corrected chi connectivity index (χ0v) is 22.5. The van der Waals surface area contributed by atoms with Gasteiger partial charge in [-0.2, -0.15) is 0 Å². The normalized spacial score (nSPS) is 25.6. The summed E-state index contributed by atoms with van der Waals surface area (Å²) < 4.78 is 6.18. The van der Waals surface area contributed by atoms with Gasteiger partial charge in [0.25, 0.3) is 0 Å². The number of hydrazine groups is 1. The van der Waals surface area contributed by atoms with E-state index in [1.54, 1.807) is 0 Å². The Morgan fingerprint density at radius 2 is 1.97 bits per heavy atom. The molecule has 1 aromatic carbocycles. The summed E-state index contributed by atoms with van der Waals surface area (Å²) in [5.74, 6) is 5.30. The van der Waals surface area contributed by atoms with Crippen molar-refractivity contribution in [2.75, 3.05) is 19.7 Å². The molecule has 8 nitrogen and oxygen atoms in total. The van der Waals surface area contributed by atoms with Gasteiger partial charge in [0, 0.05) is 40.6 Å². The molecule has 5 N–H and O–H groups in total. The van der Waals surface area contributed by atoms with E-state index in [9.17, 15) is 4.79 Å². The first-order valence-electron chi connectivity index (χ1n) is 12.5. The van der Waals surface area contributed by atoms with Crippen LogP contribution in [-0.2, 0) is 16.0 Å². The Kier molecular flexibility index (Phi) is 8.90. The summed E-state index contributed by atoms with van der Waals surface area (Å²) in [6, 6.07) is 8.64. The van der Waals surface area contributed by atoms with Crippen molar-refractivity contribution in [3.63, 3.8) is 0 Å². The van der Waals surface area contributed by atoms with E-state index >= 15 is 0 Å². The van der Waals surface area contributed by atoms with Gasteiger partial charge in [-0.05, 0) is 63.6 Å². The number of halogens is 1. The lowest BCUT2D eigenvalue weighted by molar-refractivity contribution is -0.137. The van der Waals surface area contributed by atoms with Crippen LogP contribution in [0.4, 0.5) is 0 Å². The molecule has 36 heavy (non-hydrogen) atoms. The second-order valence-electron chi connectivity index (χ2n) is 9.90. The second kappa shape index (κ2) is 11.9. The van der Waals surface area contributed by atoms with Crippen LogP contribution >= 0.6 is 22.9 Å². The van der Waals surface area contributed by atoms with E-state index in [1.807, 2.05) is 23.5 Å². The summed E-state index contributed by atoms with van der Waals surface area (Å²) in [6.45, 7) is 5.10. The van der Waals surface area contributed by atoms with Crippen LogP contribution in [0.3, 0.4) is 0 Å². The Bertz CT molecular complexity index is 1050. The minimum Gasteiger partial charge on any atom is -0.480 e. The first-order chi connectivity index (χ1) is 17.2. The molecule has 4 rings (SSSR count). The lowest BCUT2D eigenvalue weighted by Crippen LogP contribution is -2.56. The van der Waals surface area contributed by atoms with E-state index in [2.05, 4.69) is 30.9 Å². The van der Waals surface area contributed by atoms with Crippen molar-refractivity contribution in [3.8, 4) is 0 Å². The molecule has 196 valence electrons. The number of benzene rings is 1. The molecular formula is C26H36ClN5O3S. The van der Waals surface area contributed by atoms with E-state index < -0.39 is 5.97 Å². The number of carboxylic acid groups (broad SMARTS) is 1. The van der Waals surface area contributed by atoms with Gasteiger partial charge in [-0.1, -0.05) is 23.7 Å². The number of rotatable bonds is 8. The standard InChI is InChI=1S/C26H36ClN5O3S/c1-16-17(2)36-26(30-16)19-5-9-21(10-6-19)32-13-24(23(28)12-31(29)14-25(33)34)35-15-22(32)11-18-3-7-20(27)8-4-18/h3-4,7-8,12,19,21-22,24H,5-6,9-11,13-15,28-29H2,1-2H3,(H,33,34)/b23-12-/t19?,21?,22-,24+/m0/s1. The molecule has 0 radical (unpaired) electrons. The molecule has 2 atom stereocenters. The van der Waals surface area contributed by atoms with Crippen molar-refractivity contribution in [2.45, 2.75) is 70.1 Å². The van der Waals surface area contributed by atoms with Gasteiger partial charge in [-0.15, -0.1) is 11.3 Å². The van der Waals surface area contributed by atoms with Crippen LogP contribution in [0.2, 0.25) is 5.02 Å². The maximum atomic E-state index is 11.0. The lowest BCUT2D eigenvalue weighted by Gasteiger charge is -2.46. The molecular weight excluding hydrogens is 498 g/mol. The molecule has 2 aromatic rings. The van der Waals surface area contributed by atoms with Gasteiger partial charge in [0.05, 0.1) is 23.0 Å². The van der Waals surface area contributed by atoms with Crippen LogP contribution in [-0.4, -0.2) is 63.9 Å². The van der Waals surface area contributed by atoms with Crippen molar-refractivity contribution in [1.29, 1.82) is 0 Å². The summed E-state index contributed by atoms with van der Waals surface area (Å²) in [5.41, 5.74) is 9.13. The number of morpholine rings is 1. The Morgan fingerprint density at radius 3 is 2.58 bits per heavy atom. The first-order valence-corrected chi connectivity index (χ1v) is 13.6. The van der Waals surface area contributed by atoms with Gasteiger partial charge < -0.3 is 20.6 Å². The number of nitrogens with two attached hydrogens (primary N) is 2. The number of nitrogens with zero attached hydrogens (tertiary/aromatic N) is 3. The van der Waals surface area contributed by atoms with Crippen molar-refractivity contribution >= 4 is 28.9 Å². The zero-order chi connectivity index (χ0) is 25.8. The Hall–Kier alpha value is -2.17. The monoisotopic (exact) mass is 533 g/mol. The Labute approximate surface area is 221 Å². The highest BCUT2D eigenvalue weighted by Crippen LogP contribution is 2.38. The molecule has 1 saturated heterocycles. The van der Waals surface area contributed by atoms with Crippen LogP contribution in [0, 0.1) is 13.8 Å². The van der Waals surface area contributed by atoms with Gasteiger partial charge in [-0.3, -0.25) is 9.69 Å². The predicted molar refractivity (Wildman–Crippen MR) is 143 cm³/mol. The molecule has 0 spiro atoms. The molecule has 2 fully saturated rings. The van der Waals surface area contributed by atoms with E-state index in [0.717, 1.165) is 47.8 Å². The van der Waals surface area contributed by atoms with Crippen molar-refractivity contribution in [3.05, 3.63) is 62.3 Å². The fraction of sp³-hybridized carbons (Fsp3) is 0.538. The molecule has 0 amide bonds. The number of thiazole rings is 1. The summed E-state index contributed by atoms with van der Waals surface area (Å²) in [5, 5.41) is 12.1. The van der Waals surface area contributed by atoms with E-state index in [1.165, 1.54) is 21.6 Å². The van der Waals surface area contributed by atoms with E-state index in [-0.39, 0.29) is 18.7 Å². The highest BCUT2D eigenvalue weighted by molar-refractivity contribution is 7.11. The fourth-order valence-corrected chi connectivity index (χ4v) is 6.45. The highest BCUT2D eigenvalue weighted by Gasteiger charge is 2.37. The average Bonchev–Trinajstić information content (AvgIpc) is 3.18. The number of hydrogen-bond donors (Lipinski definition) is 3. The minimum atomic E-state index is -1.02. The Morgan fingerprint density at radius 1 is 1.28 bits per heavy atom. The second-order valence-corrected chi connectivity index (χ2v) is 11.6. The fourth-order valence-electron chi connectivity index (χ4n) is 5.24. The average molecular weight is 534 g/mol. The maximum Gasteiger partial charge on any atom is 0.324 e. The van der Waals surface area contributed by atoms with E-state index in [0.29, 0.717) is 30.8 Å². The topological polar surface area (TPSA) is 118 Å². The molecule has 1 aliphatic carbocycles. The number of aryl methyl sites for hydroxylation is 2. The van der Waals surface area contributed by atoms with Gasteiger partial charge in [0.2, 0.25) is 0 Å². The smallest absolute Gasteiger partial charge is 0.324 e. The number of ether oxygens (including phenoxy) is 1.